The van der Waals surface area contributed by atoms with E-state index in [4.69, 9.17) is 37.9 Å². The lowest BCUT2D eigenvalue weighted by atomic mass is 10.1. The number of ether oxygens (including phenoxy) is 8. The van der Waals surface area contributed by atoms with Crippen LogP contribution in [0.15, 0.2) is 0 Å². The van der Waals surface area contributed by atoms with Crippen molar-refractivity contribution in [2.75, 3.05) is 106 Å². The Morgan fingerprint density at radius 3 is 0.694 bits per heavy atom. The van der Waals surface area contributed by atoms with Gasteiger partial charge < -0.3 is 37.9 Å². The van der Waals surface area contributed by atoms with Gasteiger partial charge in [0.2, 0.25) is 0 Å². The van der Waals surface area contributed by atoms with Crippen molar-refractivity contribution in [3.63, 3.8) is 0 Å². The molecule has 8 heteroatoms. The molecule has 0 aromatic heterocycles. The van der Waals surface area contributed by atoms with Crippen LogP contribution in [0.25, 0.3) is 0 Å². The number of rotatable bonds is 33. The molecule has 0 saturated carbocycles. The molecular formula is C28H58O8. The SMILES string of the molecule is CCCCCCCCOCCOCCOCCOCCOCCOCCOCCOCCCCCC. The maximum absolute atomic E-state index is 5.58. The van der Waals surface area contributed by atoms with Crippen LogP contribution < -0.4 is 0 Å². The van der Waals surface area contributed by atoms with E-state index in [-0.39, 0.29) is 0 Å². The van der Waals surface area contributed by atoms with Gasteiger partial charge in [-0.3, -0.25) is 0 Å². The Bertz CT molecular complexity index is 339. The van der Waals surface area contributed by atoms with Crippen molar-refractivity contribution in [2.45, 2.75) is 78.1 Å². The van der Waals surface area contributed by atoms with E-state index in [1.165, 1.54) is 51.4 Å². The summed E-state index contributed by atoms with van der Waals surface area (Å²) in [6.45, 7) is 14.3. The molecule has 0 radical (unpaired) electrons. The molecule has 0 rings (SSSR count). The first kappa shape index (κ1) is 35.7. The zero-order chi connectivity index (χ0) is 26.0. The zero-order valence-corrected chi connectivity index (χ0v) is 23.7. The van der Waals surface area contributed by atoms with Crippen molar-refractivity contribution >= 4 is 0 Å². The maximum atomic E-state index is 5.58. The molecule has 0 aromatic carbocycles. The monoisotopic (exact) mass is 522 g/mol. The third-order valence-corrected chi connectivity index (χ3v) is 5.39. The first-order valence-corrected chi connectivity index (χ1v) is 14.5. The Morgan fingerprint density at radius 2 is 0.417 bits per heavy atom. The van der Waals surface area contributed by atoms with E-state index in [0.29, 0.717) is 92.5 Å². The highest BCUT2D eigenvalue weighted by molar-refractivity contribution is 4.44. The van der Waals surface area contributed by atoms with Gasteiger partial charge in [0.25, 0.3) is 0 Å². The van der Waals surface area contributed by atoms with Gasteiger partial charge in [0.1, 0.15) is 0 Å². The van der Waals surface area contributed by atoms with Gasteiger partial charge in [0, 0.05) is 13.2 Å². The highest BCUT2D eigenvalue weighted by Crippen LogP contribution is 2.04. The lowest BCUT2D eigenvalue weighted by Crippen LogP contribution is -2.15. The number of hydrogen-bond donors (Lipinski definition) is 0. The summed E-state index contributed by atoms with van der Waals surface area (Å²) in [6.07, 6.45) is 12.7. The van der Waals surface area contributed by atoms with Crippen LogP contribution in [-0.2, 0) is 37.9 Å². The fraction of sp³-hybridized carbons (Fsp3) is 1.00. The fourth-order valence-corrected chi connectivity index (χ4v) is 3.26. The van der Waals surface area contributed by atoms with Crippen molar-refractivity contribution in [1.29, 1.82) is 0 Å². The Balaban J connectivity index is 3.00. The van der Waals surface area contributed by atoms with E-state index in [1.54, 1.807) is 0 Å². The molecule has 36 heavy (non-hydrogen) atoms. The summed E-state index contributed by atoms with van der Waals surface area (Å²) in [5.74, 6) is 0. The van der Waals surface area contributed by atoms with Crippen molar-refractivity contribution in [3.8, 4) is 0 Å². The second-order valence-electron chi connectivity index (χ2n) is 8.73. The van der Waals surface area contributed by atoms with Crippen LogP contribution in [0.2, 0.25) is 0 Å². The summed E-state index contributed by atoms with van der Waals surface area (Å²) in [7, 11) is 0. The third-order valence-electron chi connectivity index (χ3n) is 5.39. The second-order valence-corrected chi connectivity index (χ2v) is 8.73. The topological polar surface area (TPSA) is 73.8 Å². The summed E-state index contributed by atoms with van der Waals surface area (Å²) in [6, 6.07) is 0. The van der Waals surface area contributed by atoms with Gasteiger partial charge in [0.15, 0.2) is 0 Å². The number of unbranched alkanes of at least 4 members (excludes halogenated alkanes) is 8. The van der Waals surface area contributed by atoms with Gasteiger partial charge in [-0.2, -0.15) is 0 Å². The van der Waals surface area contributed by atoms with Crippen molar-refractivity contribution in [3.05, 3.63) is 0 Å². The molecule has 0 bridgehead atoms. The van der Waals surface area contributed by atoms with Gasteiger partial charge in [-0.1, -0.05) is 65.2 Å². The quantitative estimate of drug-likeness (QED) is 0.111. The molecule has 0 atom stereocenters. The zero-order valence-electron chi connectivity index (χ0n) is 23.7. The minimum absolute atomic E-state index is 0.553. The maximum Gasteiger partial charge on any atom is 0.0701 e. The highest BCUT2D eigenvalue weighted by atomic mass is 16.6. The van der Waals surface area contributed by atoms with Gasteiger partial charge in [-0.15, -0.1) is 0 Å². The first-order valence-electron chi connectivity index (χ1n) is 14.5. The average Bonchev–Trinajstić information content (AvgIpc) is 2.89. The predicted molar refractivity (Wildman–Crippen MR) is 144 cm³/mol. The Kier molecular flexibility index (Phi) is 34.4. The Labute approximate surface area is 222 Å². The first-order chi connectivity index (χ1) is 17.9. The smallest absolute Gasteiger partial charge is 0.0701 e. The summed E-state index contributed by atoms with van der Waals surface area (Å²) >= 11 is 0. The van der Waals surface area contributed by atoms with Crippen LogP contribution in [0.4, 0.5) is 0 Å². The van der Waals surface area contributed by atoms with Crippen LogP contribution in [0.1, 0.15) is 78.1 Å². The van der Waals surface area contributed by atoms with Crippen molar-refractivity contribution in [1.82, 2.24) is 0 Å². The minimum atomic E-state index is 0.553. The molecular weight excluding hydrogens is 464 g/mol. The molecule has 0 saturated heterocycles. The molecule has 0 aliphatic carbocycles. The molecule has 0 spiro atoms. The van der Waals surface area contributed by atoms with E-state index in [1.807, 2.05) is 0 Å². The normalized spacial score (nSPS) is 11.5. The lowest BCUT2D eigenvalue weighted by molar-refractivity contribution is -0.0232. The van der Waals surface area contributed by atoms with Crippen LogP contribution >= 0.6 is 0 Å². The summed E-state index contributed by atoms with van der Waals surface area (Å²) < 4.78 is 44.0. The van der Waals surface area contributed by atoms with Gasteiger partial charge in [-0.05, 0) is 12.8 Å². The number of hydrogen-bond acceptors (Lipinski definition) is 8. The van der Waals surface area contributed by atoms with E-state index in [0.717, 1.165) is 26.1 Å². The van der Waals surface area contributed by atoms with Crippen LogP contribution in [0.3, 0.4) is 0 Å². The van der Waals surface area contributed by atoms with Crippen LogP contribution in [0.5, 0.6) is 0 Å². The molecule has 0 fully saturated rings. The van der Waals surface area contributed by atoms with E-state index >= 15 is 0 Å². The lowest BCUT2D eigenvalue weighted by Gasteiger charge is -2.08. The second kappa shape index (κ2) is 34.7. The summed E-state index contributed by atoms with van der Waals surface area (Å²) in [5, 5.41) is 0. The highest BCUT2D eigenvalue weighted by Gasteiger charge is 1.96. The molecule has 218 valence electrons. The molecule has 0 heterocycles. The molecule has 8 nitrogen and oxygen atoms in total. The fourth-order valence-electron chi connectivity index (χ4n) is 3.26. The predicted octanol–water partition coefficient (Wildman–Crippen LogP) is 5.06. The summed E-state index contributed by atoms with van der Waals surface area (Å²) in [4.78, 5) is 0. The van der Waals surface area contributed by atoms with E-state index in [9.17, 15) is 0 Å². The molecule has 0 unspecified atom stereocenters. The van der Waals surface area contributed by atoms with E-state index < -0.39 is 0 Å². The average molecular weight is 523 g/mol. The van der Waals surface area contributed by atoms with Crippen molar-refractivity contribution < 1.29 is 37.9 Å². The molecule has 0 aromatic rings. The minimum Gasteiger partial charge on any atom is -0.379 e. The largest absolute Gasteiger partial charge is 0.379 e. The van der Waals surface area contributed by atoms with E-state index in [2.05, 4.69) is 13.8 Å². The van der Waals surface area contributed by atoms with Gasteiger partial charge in [-0.25, -0.2) is 0 Å². The van der Waals surface area contributed by atoms with Crippen LogP contribution in [-0.4, -0.2) is 106 Å². The summed E-state index contributed by atoms with van der Waals surface area (Å²) in [5.41, 5.74) is 0. The molecule has 0 aliphatic rings. The van der Waals surface area contributed by atoms with Gasteiger partial charge >= 0.3 is 0 Å². The Hall–Kier alpha value is -0.320. The van der Waals surface area contributed by atoms with Gasteiger partial charge in [0.05, 0.1) is 92.5 Å². The molecule has 0 amide bonds. The van der Waals surface area contributed by atoms with Crippen LogP contribution in [0, 0.1) is 0 Å². The molecule has 0 N–H and O–H groups in total. The third kappa shape index (κ3) is 33.7. The van der Waals surface area contributed by atoms with Crippen molar-refractivity contribution in [2.24, 2.45) is 0 Å². The molecule has 0 aliphatic heterocycles. The Morgan fingerprint density at radius 1 is 0.222 bits per heavy atom. The standard InChI is InChI=1S/C28H58O8/c1-3-5-7-9-10-12-14-30-16-18-32-20-22-34-24-26-36-28-27-35-25-23-33-21-19-31-17-15-29-13-11-8-6-4-2/h3-28H2,1-2H3.